The van der Waals surface area contributed by atoms with Gasteiger partial charge in [0.15, 0.2) is 0 Å². The fourth-order valence-corrected chi connectivity index (χ4v) is 1.91. The molecule has 0 fully saturated rings. The lowest BCUT2D eigenvalue weighted by Gasteiger charge is -2.21. The lowest BCUT2D eigenvalue weighted by Crippen LogP contribution is -2.34. The van der Waals surface area contributed by atoms with Gasteiger partial charge in [-0.1, -0.05) is 19.1 Å². The zero-order chi connectivity index (χ0) is 14.1. The van der Waals surface area contributed by atoms with E-state index in [0.29, 0.717) is 32.2 Å². The van der Waals surface area contributed by atoms with Gasteiger partial charge in [-0.3, -0.25) is 4.79 Å². The summed E-state index contributed by atoms with van der Waals surface area (Å²) >= 11 is 5.53. The van der Waals surface area contributed by atoms with Crippen molar-refractivity contribution in [3.05, 3.63) is 35.4 Å². The zero-order valence-electron chi connectivity index (χ0n) is 11.7. The average molecular weight is 284 g/mol. The molecule has 0 radical (unpaired) electrons. The lowest BCUT2D eigenvalue weighted by molar-refractivity contribution is 0.0671. The molecule has 0 aromatic heterocycles. The van der Waals surface area contributed by atoms with E-state index < -0.39 is 0 Å². The van der Waals surface area contributed by atoms with Crippen LogP contribution in [0.4, 0.5) is 0 Å². The number of benzene rings is 1. The van der Waals surface area contributed by atoms with Crippen LogP contribution >= 0.6 is 11.6 Å². The molecule has 0 aliphatic carbocycles. The number of rotatable bonds is 8. The molecule has 0 heterocycles. The molecule has 0 N–H and O–H groups in total. The number of carbonyl (C=O) groups is 1. The maximum Gasteiger partial charge on any atom is 0.253 e. The molecule has 106 valence electrons. The Kier molecular flexibility index (Phi) is 7.53. The summed E-state index contributed by atoms with van der Waals surface area (Å²) in [5.41, 5.74) is 1.97. The average Bonchev–Trinajstić information content (AvgIpc) is 2.47. The Morgan fingerprint density at radius 3 is 2.42 bits per heavy atom. The van der Waals surface area contributed by atoms with E-state index in [2.05, 4.69) is 6.92 Å². The molecule has 1 aromatic carbocycles. The van der Waals surface area contributed by atoms with Crippen molar-refractivity contribution in [2.24, 2.45) is 0 Å². The van der Waals surface area contributed by atoms with Gasteiger partial charge < -0.3 is 9.64 Å². The highest BCUT2D eigenvalue weighted by Crippen LogP contribution is 2.08. The number of amides is 1. The van der Waals surface area contributed by atoms with Crippen molar-refractivity contribution >= 4 is 17.5 Å². The number of aryl methyl sites for hydroxylation is 1. The van der Waals surface area contributed by atoms with E-state index >= 15 is 0 Å². The van der Waals surface area contributed by atoms with Crippen molar-refractivity contribution in [3.8, 4) is 0 Å². The van der Waals surface area contributed by atoms with Crippen LogP contribution in [-0.4, -0.2) is 43.0 Å². The van der Waals surface area contributed by atoms with E-state index in [0.717, 1.165) is 12.0 Å². The fourth-order valence-electron chi connectivity index (χ4n) is 1.80. The van der Waals surface area contributed by atoms with Gasteiger partial charge >= 0.3 is 0 Å². The van der Waals surface area contributed by atoms with Gasteiger partial charge in [0.2, 0.25) is 0 Å². The topological polar surface area (TPSA) is 29.5 Å². The SMILES string of the molecule is CCc1ccc(C(=O)N(CC)CCOCCCl)cc1. The summed E-state index contributed by atoms with van der Waals surface area (Å²) in [7, 11) is 0. The van der Waals surface area contributed by atoms with Crippen LogP contribution in [0.25, 0.3) is 0 Å². The molecule has 1 rings (SSSR count). The molecule has 0 atom stereocenters. The number of hydrogen-bond donors (Lipinski definition) is 0. The first-order valence-electron chi connectivity index (χ1n) is 6.74. The molecule has 0 saturated heterocycles. The Hall–Kier alpha value is -1.06. The molecule has 0 bridgehead atoms. The number of likely N-dealkylation sites (N-methyl/N-ethyl adjacent to an activating group) is 1. The van der Waals surface area contributed by atoms with Crippen molar-refractivity contribution in [3.63, 3.8) is 0 Å². The fraction of sp³-hybridized carbons (Fsp3) is 0.533. The summed E-state index contributed by atoms with van der Waals surface area (Å²) in [6, 6.07) is 7.79. The summed E-state index contributed by atoms with van der Waals surface area (Å²) in [4.78, 5) is 14.1. The molecule has 0 unspecified atom stereocenters. The van der Waals surface area contributed by atoms with E-state index in [9.17, 15) is 4.79 Å². The minimum Gasteiger partial charge on any atom is -0.378 e. The highest BCUT2D eigenvalue weighted by molar-refractivity contribution is 6.17. The molecule has 0 aliphatic rings. The molecule has 19 heavy (non-hydrogen) atoms. The predicted octanol–water partition coefficient (Wildman–Crippen LogP) is 2.97. The maximum absolute atomic E-state index is 12.3. The second-order valence-corrected chi connectivity index (χ2v) is 4.61. The molecule has 0 aliphatic heterocycles. The third-order valence-corrected chi connectivity index (χ3v) is 3.16. The first-order valence-corrected chi connectivity index (χ1v) is 7.28. The molecule has 4 heteroatoms. The van der Waals surface area contributed by atoms with Gasteiger partial charge in [0.05, 0.1) is 13.2 Å². The minimum atomic E-state index is 0.0552. The first-order chi connectivity index (χ1) is 9.22. The van der Waals surface area contributed by atoms with E-state index in [4.69, 9.17) is 16.3 Å². The van der Waals surface area contributed by atoms with Crippen molar-refractivity contribution in [1.29, 1.82) is 0 Å². The van der Waals surface area contributed by atoms with Gasteiger partial charge in [0.1, 0.15) is 0 Å². The second-order valence-electron chi connectivity index (χ2n) is 4.24. The van der Waals surface area contributed by atoms with Crippen molar-refractivity contribution in [1.82, 2.24) is 4.90 Å². The molecule has 0 saturated carbocycles. The standard InChI is InChI=1S/C15H22ClNO2/c1-3-13-5-7-14(8-6-13)15(18)17(4-2)10-12-19-11-9-16/h5-8H,3-4,9-12H2,1-2H3. The van der Waals surface area contributed by atoms with Crippen LogP contribution in [0.5, 0.6) is 0 Å². The zero-order valence-corrected chi connectivity index (χ0v) is 12.4. The van der Waals surface area contributed by atoms with Gasteiger partial charge in [-0.25, -0.2) is 0 Å². The van der Waals surface area contributed by atoms with Crippen molar-refractivity contribution < 1.29 is 9.53 Å². The second kappa shape index (κ2) is 8.94. The van der Waals surface area contributed by atoms with Gasteiger partial charge in [0, 0.05) is 24.5 Å². The van der Waals surface area contributed by atoms with Gasteiger partial charge in [0.25, 0.3) is 5.91 Å². The number of hydrogen-bond acceptors (Lipinski definition) is 2. The van der Waals surface area contributed by atoms with Crippen LogP contribution in [0.2, 0.25) is 0 Å². The van der Waals surface area contributed by atoms with Crippen LogP contribution in [0.3, 0.4) is 0 Å². The van der Waals surface area contributed by atoms with Crippen LogP contribution in [0, 0.1) is 0 Å². The molecule has 3 nitrogen and oxygen atoms in total. The van der Waals surface area contributed by atoms with Crippen molar-refractivity contribution in [2.75, 3.05) is 32.2 Å². The number of halogens is 1. The number of nitrogens with zero attached hydrogens (tertiary/aromatic N) is 1. The van der Waals surface area contributed by atoms with Crippen molar-refractivity contribution in [2.45, 2.75) is 20.3 Å². The highest BCUT2D eigenvalue weighted by atomic mass is 35.5. The predicted molar refractivity (Wildman–Crippen MR) is 78.9 cm³/mol. The Labute approximate surface area is 120 Å². The Morgan fingerprint density at radius 1 is 1.21 bits per heavy atom. The van der Waals surface area contributed by atoms with E-state index in [1.54, 1.807) is 4.90 Å². The van der Waals surface area contributed by atoms with Crippen LogP contribution in [-0.2, 0) is 11.2 Å². The molecule has 1 aromatic rings. The molecular weight excluding hydrogens is 262 g/mol. The smallest absolute Gasteiger partial charge is 0.253 e. The summed E-state index contributed by atoms with van der Waals surface area (Å²) in [5, 5.41) is 0. The van der Waals surface area contributed by atoms with Crippen LogP contribution < -0.4 is 0 Å². The Morgan fingerprint density at radius 2 is 1.89 bits per heavy atom. The van der Waals surface area contributed by atoms with E-state index in [1.165, 1.54) is 5.56 Å². The summed E-state index contributed by atoms with van der Waals surface area (Å²) in [6.45, 7) is 6.40. The van der Waals surface area contributed by atoms with Crippen LogP contribution in [0.15, 0.2) is 24.3 Å². The summed E-state index contributed by atoms with van der Waals surface area (Å²) in [5.74, 6) is 0.540. The van der Waals surface area contributed by atoms with E-state index in [1.807, 2.05) is 31.2 Å². The number of carbonyl (C=O) groups excluding carboxylic acids is 1. The summed E-state index contributed by atoms with van der Waals surface area (Å²) < 4.78 is 5.31. The minimum absolute atomic E-state index is 0.0552. The lowest BCUT2D eigenvalue weighted by atomic mass is 10.1. The van der Waals surface area contributed by atoms with Crippen LogP contribution in [0.1, 0.15) is 29.8 Å². The third-order valence-electron chi connectivity index (χ3n) is 3.01. The highest BCUT2D eigenvalue weighted by Gasteiger charge is 2.13. The summed E-state index contributed by atoms with van der Waals surface area (Å²) in [6.07, 6.45) is 0.984. The normalized spacial score (nSPS) is 10.5. The Balaban J connectivity index is 2.56. The largest absolute Gasteiger partial charge is 0.378 e. The van der Waals surface area contributed by atoms with E-state index in [-0.39, 0.29) is 5.91 Å². The number of alkyl halides is 1. The van der Waals surface area contributed by atoms with Gasteiger partial charge in [-0.05, 0) is 31.0 Å². The number of ether oxygens (including phenoxy) is 1. The quantitative estimate of drug-likeness (QED) is 0.542. The molecular formula is C15H22ClNO2. The molecule has 1 amide bonds. The first kappa shape index (κ1) is 16.0. The van der Waals surface area contributed by atoms with Gasteiger partial charge in [-0.2, -0.15) is 0 Å². The Bertz CT molecular complexity index is 378. The monoisotopic (exact) mass is 283 g/mol. The molecule has 0 spiro atoms. The van der Waals surface area contributed by atoms with Gasteiger partial charge in [-0.15, -0.1) is 11.6 Å². The maximum atomic E-state index is 12.3. The third kappa shape index (κ3) is 5.21.